The molecule has 0 aliphatic rings. The molecule has 140 valence electrons. The molecule has 5 nitrogen and oxygen atoms in total. The molecule has 1 amide bonds. The van der Waals surface area contributed by atoms with Crippen LogP contribution in [0.15, 0.2) is 47.4 Å². The predicted octanol–water partition coefficient (Wildman–Crippen LogP) is 2.94. The molecule has 0 bridgehead atoms. The van der Waals surface area contributed by atoms with Gasteiger partial charge in [0.1, 0.15) is 0 Å². The smallest absolute Gasteiger partial charge is 0.257 e. The molecular weight excluding hydrogens is 328 g/mol. The van der Waals surface area contributed by atoms with E-state index in [2.05, 4.69) is 19.2 Å². The highest BCUT2D eigenvalue weighted by Crippen LogP contribution is 2.13. The van der Waals surface area contributed by atoms with Crippen molar-refractivity contribution in [3.05, 3.63) is 64.1 Å². The number of carbonyl (C=O) groups is 1. The van der Waals surface area contributed by atoms with Gasteiger partial charge in [-0.1, -0.05) is 44.2 Å². The molecule has 0 saturated heterocycles. The molecule has 0 aliphatic carbocycles. The molecule has 2 aromatic rings. The average Bonchev–Trinajstić information content (AvgIpc) is 2.61. The van der Waals surface area contributed by atoms with E-state index in [4.69, 9.17) is 4.74 Å². The maximum atomic E-state index is 12.1. The van der Waals surface area contributed by atoms with Crippen LogP contribution in [0.25, 0.3) is 0 Å². The largest absolute Gasteiger partial charge is 0.478 e. The molecule has 0 fully saturated rings. The highest BCUT2D eigenvalue weighted by Gasteiger charge is 2.11. The van der Waals surface area contributed by atoms with Crippen molar-refractivity contribution in [3.8, 4) is 5.75 Å². The van der Waals surface area contributed by atoms with E-state index in [0.29, 0.717) is 12.5 Å². The SMILES string of the molecule is Cc1c(OCC(=O)NCCc2ccccc2)c(=O)ccn1CCC(C)C. The number of benzene rings is 1. The van der Waals surface area contributed by atoms with Crippen LogP contribution in [-0.2, 0) is 17.8 Å². The van der Waals surface area contributed by atoms with E-state index in [0.717, 1.165) is 25.1 Å². The molecule has 1 aromatic carbocycles. The van der Waals surface area contributed by atoms with E-state index >= 15 is 0 Å². The zero-order chi connectivity index (χ0) is 18.9. The number of aromatic nitrogens is 1. The van der Waals surface area contributed by atoms with Crippen molar-refractivity contribution in [2.45, 2.75) is 40.2 Å². The lowest BCUT2D eigenvalue weighted by Crippen LogP contribution is -2.31. The fourth-order valence-corrected chi connectivity index (χ4v) is 2.65. The fraction of sp³-hybridized carbons (Fsp3) is 0.429. The van der Waals surface area contributed by atoms with Gasteiger partial charge in [-0.15, -0.1) is 0 Å². The van der Waals surface area contributed by atoms with Crippen molar-refractivity contribution < 1.29 is 9.53 Å². The predicted molar refractivity (Wildman–Crippen MR) is 104 cm³/mol. The first-order valence-corrected chi connectivity index (χ1v) is 9.11. The molecule has 0 atom stereocenters. The first-order chi connectivity index (χ1) is 12.5. The summed E-state index contributed by atoms with van der Waals surface area (Å²) in [5.41, 5.74) is 1.73. The number of amides is 1. The van der Waals surface area contributed by atoms with Crippen molar-refractivity contribution in [1.29, 1.82) is 0 Å². The number of nitrogens with one attached hydrogen (secondary N) is 1. The van der Waals surface area contributed by atoms with Gasteiger partial charge in [0, 0.05) is 25.4 Å². The zero-order valence-electron chi connectivity index (χ0n) is 15.8. The summed E-state index contributed by atoms with van der Waals surface area (Å²) in [4.78, 5) is 24.1. The van der Waals surface area contributed by atoms with E-state index in [1.54, 1.807) is 6.20 Å². The van der Waals surface area contributed by atoms with Crippen LogP contribution in [-0.4, -0.2) is 23.6 Å². The Bertz CT molecular complexity index is 767. The van der Waals surface area contributed by atoms with Gasteiger partial charge in [0.15, 0.2) is 12.4 Å². The normalized spacial score (nSPS) is 10.8. The lowest BCUT2D eigenvalue weighted by Gasteiger charge is -2.15. The number of aryl methyl sites for hydroxylation is 1. The second-order valence-electron chi connectivity index (χ2n) is 6.84. The van der Waals surface area contributed by atoms with E-state index in [9.17, 15) is 9.59 Å². The van der Waals surface area contributed by atoms with Crippen molar-refractivity contribution >= 4 is 5.91 Å². The third-order valence-corrected chi connectivity index (χ3v) is 4.26. The van der Waals surface area contributed by atoms with Crippen LogP contribution >= 0.6 is 0 Å². The Morgan fingerprint density at radius 3 is 2.62 bits per heavy atom. The molecule has 1 heterocycles. The highest BCUT2D eigenvalue weighted by atomic mass is 16.5. The maximum Gasteiger partial charge on any atom is 0.257 e. The van der Waals surface area contributed by atoms with Crippen LogP contribution in [0.5, 0.6) is 5.75 Å². The van der Waals surface area contributed by atoms with Gasteiger partial charge >= 0.3 is 0 Å². The molecular formula is C21H28N2O3. The Labute approximate surface area is 155 Å². The number of carbonyl (C=O) groups excluding carboxylic acids is 1. The Morgan fingerprint density at radius 1 is 1.19 bits per heavy atom. The van der Waals surface area contributed by atoms with Crippen LogP contribution in [0.4, 0.5) is 0 Å². The summed E-state index contributed by atoms with van der Waals surface area (Å²) in [6.45, 7) is 7.38. The summed E-state index contributed by atoms with van der Waals surface area (Å²) in [5.74, 6) is 0.611. The summed E-state index contributed by atoms with van der Waals surface area (Å²) in [6.07, 6.45) is 3.56. The number of hydrogen-bond acceptors (Lipinski definition) is 3. The van der Waals surface area contributed by atoms with E-state index < -0.39 is 0 Å². The standard InChI is InChI=1S/C21H28N2O3/c1-16(2)10-13-23-14-11-19(24)21(17(23)3)26-15-20(25)22-12-9-18-7-5-4-6-8-18/h4-8,11,14,16H,9-10,12-13,15H2,1-3H3,(H,22,25). The minimum absolute atomic E-state index is 0.154. The monoisotopic (exact) mass is 356 g/mol. The van der Waals surface area contributed by atoms with Crippen LogP contribution < -0.4 is 15.5 Å². The Balaban J connectivity index is 1.86. The van der Waals surface area contributed by atoms with Crippen molar-refractivity contribution in [2.75, 3.05) is 13.2 Å². The second-order valence-corrected chi connectivity index (χ2v) is 6.84. The summed E-state index contributed by atoms with van der Waals surface area (Å²) in [6, 6.07) is 11.5. The molecule has 1 N–H and O–H groups in total. The van der Waals surface area contributed by atoms with Gasteiger partial charge in [-0.05, 0) is 31.2 Å². The minimum Gasteiger partial charge on any atom is -0.478 e. The van der Waals surface area contributed by atoms with Crippen LogP contribution in [0, 0.1) is 12.8 Å². The van der Waals surface area contributed by atoms with Gasteiger partial charge in [0.2, 0.25) is 5.43 Å². The Morgan fingerprint density at radius 2 is 1.92 bits per heavy atom. The summed E-state index contributed by atoms with van der Waals surface area (Å²) < 4.78 is 7.54. The Hall–Kier alpha value is -2.56. The highest BCUT2D eigenvalue weighted by molar-refractivity contribution is 5.77. The van der Waals surface area contributed by atoms with Gasteiger partial charge in [0.25, 0.3) is 5.91 Å². The average molecular weight is 356 g/mol. The molecule has 2 rings (SSSR count). The van der Waals surface area contributed by atoms with Crippen molar-refractivity contribution in [2.24, 2.45) is 5.92 Å². The van der Waals surface area contributed by atoms with E-state index in [1.165, 1.54) is 11.6 Å². The van der Waals surface area contributed by atoms with Crippen LogP contribution in [0.3, 0.4) is 0 Å². The van der Waals surface area contributed by atoms with Gasteiger partial charge < -0.3 is 14.6 Å². The molecule has 0 aliphatic heterocycles. The van der Waals surface area contributed by atoms with Gasteiger partial charge in [-0.2, -0.15) is 0 Å². The number of ether oxygens (including phenoxy) is 1. The zero-order valence-corrected chi connectivity index (χ0v) is 15.8. The second kappa shape index (κ2) is 9.80. The quantitative estimate of drug-likeness (QED) is 0.751. The molecule has 26 heavy (non-hydrogen) atoms. The summed E-state index contributed by atoms with van der Waals surface area (Å²) in [7, 11) is 0. The van der Waals surface area contributed by atoms with E-state index in [-0.39, 0.29) is 23.7 Å². The summed E-state index contributed by atoms with van der Waals surface area (Å²) in [5, 5.41) is 2.82. The molecule has 0 spiro atoms. The summed E-state index contributed by atoms with van der Waals surface area (Å²) >= 11 is 0. The fourth-order valence-electron chi connectivity index (χ4n) is 2.65. The van der Waals surface area contributed by atoms with Gasteiger partial charge in [-0.3, -0.25) is 9.59 Å². The number of hydrogen-bond donors (Lipinski definition) is 1. The first kappa shape index (κ1) is 19.8. The van der Waals surface area contributed by atoms with E-state index in [1.807, 2.05) is 41.8 Å². The molecule has 1 aromatic heterocycles. The molecule has 5 heteroatoms. The number of rotatable bonds is 9. The number of nitrogens with zero attached hydrogens (tertiary/aromatic N) is 1. The minimum atomic E-state index is -0.225. The first-order valence-electron chi connectivity index (χ1n) is 9.11. The third kappa shape index (κ3) is 6.06. The number of pyridine rings is 1. The van der Waals surface area contributed by atoms with Crippen molar-refractivity contribution in [1.82, 2.24) is 9.88 Å². The van der Waals surface area contributed by atoms with Gasteiger partial charge in [0.05, 0.1) is 5.69 Å². The molecule has 0 unspecified atom stereocenters. The molecule has 0 radical (unpaired) electrons. The maximum absolute atomic E-state index is 12.1. The van der Waals surface area contributed by atoms with Crippen LogP contribution in [0.2, 0.25) is 0 Å². The lowest BCUT2D eigenvalue weighted by molar-refractivity contribution is -0.123. The molecule has 0 saturated carbocycles. The Kier molecular flexibility index (Phi) is 7.45. The van der Waals surface area contributed by atoms with Crippen LogP contribution in [0.1, 0.15) is 31.5 Å². The van der Waals surface area contributed by atoms with Crippen molar-refractivity contribution in [3.63, 3.8) is 0 Å². The topological polar surface area (TPSA) is 60.3 Å². The van der Waals surface area contributed by atoms with Gasteiger partial charge in [-0.25, -0.2) is 0 Å². The third-order valence-electron chi connectivity index (χ3n) is 4.26. The lowest BCUT2D eigenvalue weighted by atomic mass is 10.1.